The molecule has 0 unspecified atom stereocenters. The molecule has 0 aliphatic heterocycles. The normalized spacial score (nSPS) is 9.82. The van der Waals surface area contributed by atoms with Gasteiger partial charge in [-0.3, -0.25) is 9.55 Å². The molecule has 0 amide bonds. The highest BCUT2D eigenvalue weighted by atomic mass is 32.1. The fourth-order valence-corrected chi connectivity index (χ4v) is 1.80. The lowest BCUT2D eigenvalue weighted by atomic mass is 10.1. The van der Waals surface area contributed by atoms with Crippen LogP contribution < -0.4 is 5.69 Å². The van der Waals surface area contributed by atoms with Gasteiger partial charge in [0, 0.05) is 0 Å². The van der Waals surface area contributed by atoms with Crippen molar-refractivity contribution >= 4 is 12.2 Å². The lowest BCUT2D eigenvalue weighted by Crippen LogP contribution is -2.24. The van der Waals surface area contributed by atoms with Gasteiger partial charge in [-0.15, -0.1) is 0 Å². The van der Waals surface area contributed by atoms with Gasteiger partial charge in [0.25, 0.3) is 0 Å². The molecule has 0 saturated carbocycles. The Bertz CT molecular complexity index is 679. The van der Waals surface area contributed by atoms with Crippen molar-refractivity contribution < 1.29 is 0 Å². The van der Waals surface area contributed by atoms with Gasteiger partial charge in [0.05, 0.1) is 11.8 Å². The van der Waals surface area contributed by atoms with Crippen molar-refractivity contribution in [2.75, 3.05) is 0 Å². The quantitative estimate of drug-likeness (QED) is 0.821. The van der Waals surface area contributed by atoms with Gasteiger partial charge in [-0.2, -0.15) is 5.26 Å². The topological polar surface area (TPSA) is 61.6 Å². The van der Waals surface area contributed by atoms with E-state index in [0.29, 0.717) is 10.3 Å². The Morgan fingerprint density at radius 3 is 2.71 bits per heavy atom. The zero-order valence-corrected chi connectivity index (χ0v) is 9.70. The van der Waals surface area contributed by atoms with Crippen molar-refractivity contribution in [1.82, 2.24) is 9.55 Å². The molecule has 1 aromatic carbocycles. The van der Waals surface area contributed by atoms with E-state index in [2.05, 4.69) is 4.98 Å². The standard InChI is InChI=1S/C12H9N3OS/c13-6-7-15-10(8-11(17)14-12(15)16)9-4-2-1-3-5-9/h1-5,8H,7H2,(H,14,16,17). The summed E-state index contributed by atoms with van der Waals surface area (Å²) >= 11 is 4.98. The molecule has 0 atom stereocenters. The predicted molar refractivity (Wildman–Crippen MR) is 66.9 cm³/mol. The molecule has 0 saturated heterocycles. The van der Waals surface area contributed by atoms with Gasteiger partial charge in [-0.05, 0) is 11.6 Å². The minimum atomic E-state index is -0.363. The number of nitrogens with zero attached hydrogens (tertiary/aromatic N) is 2. The molecular weight excluding hydrogens is 234 g/mol. The highest BCUT2D eigenvalue weighted by Gasteiger charge is 2.06. The molecule has 0 bridgehead atoms. The third-order valence-corrected chi connectivity index (χ3v) is 2.55. The summed E-state index contributed by atoms with van der Waals surface area (Å²) in [6.07, 6.45) is 0. The number of rotatable bonds is 2. The number of H-pyrrole nitrogens is 1. The summed E-state index contributed by atoms with van der Waals surface area (Å²) in [7, 11) is 0. The predicted octanol–water partition coefficient (Wildman–Crippen LogP) is 2.10. The van der Waals surface area contributed by atoms with E-state index >= 15 is 0 Å². The first-order chi connectivity index (χ1) is 8.22. The molecule has 1 aromatic heterocycles. The number of hydrogen-bond acceptors (Lipinski definition) is 3. The fraction of sp³-hybridized carbons (Fsp3) is 0.0833. The molecule has 2 aromatic rings. The van der Waals surface area contributed by atoms with Crippen LogP contribution in [0.5, 0.6) is 0 Å². The van der Waals surface area contributed by atoms with E-state index in [9.17, 15) is 4.79 Å². The van der Waals surface area contributed by atoms with Gasteiger partial charge >= 0.3 is 5.69 Å². The minimum Gasteiger partial charge on any atom is -0.298 e. The van der Waals surface area contributed by atoms with Gasteiger partial charge in [0.15, 0.2) is 0 Å². The zero-order chi connectivity index (χ0) is 12.3. The van der Waals surface area contributed by atoms with Crippen LogP contribution in [0.25, 0.3) is 11.3 Å². The average molecular weight is 243 g/mol. The van der Waals surface area contributed by atoms with E-state index in [4.69, 9.17) is 17.5 Å². The Morgan fingerprint density at radius 2 is 2.06 bits per heavy atom. The first kappa shape index (κ1) is 11.3. The molecular formula is C12H9N3OS. The third-order valence-electron chi connectivity index (χ3n) is 2.33. The second kappa shape index (κ2) is 4.76. The van der Waals surface area contributed by atoms with Crippen LogP contribution >= 0.6 is 12.2 Å². The molecule has 0 aliphatic carbocycles. The largest absolute Gasteiger partial charge is 0.327 e. The van der Waals surface area contributed by atoms with Gasteiger partial charge in [-0.1, -0.05) is 42.5 Å². The number of aromatic amines is 1. The van der Waals surface area contributed by atoms with E-state index in [0.717, 1.165) is 5.56 Å². The van der Waals surface area contributed by atoms with Gasteiger partial charge in [0.2, 0.25) is 0 Å². The molecule has 2 rings (SSSR count). The monoisotopic (exact) mass is 243 g/mol. The van der Waals surface area contributed by atoms with Crippen molar-refractivity contribution in [3.8, 4) is 17.3 Å². The highest BCUT2D eigenvalue weighted by molar-refractivity contribution is 7.71. The molecule has 17 heavy (non-hydrogen) atoms. The molecule has 0 spiro atoms. The van der Waals surface area contributed by atoms with Crippen LogP contribution in [0.15, 0.2) is 41.2 Å². The second-order valence-corrected chi connectivity index (χ2v) is 3.87. The highest BCUT2D eigenvalue weighted by Crippen LogP contribution is 2.16. The maximum absolute atomic E-state index is 11.7. The molecule has 1 N–H and O–H groups in total. The molecule has 0 aliphatic rings. The van der Waals surface area contributed by atoms with Crippen molar-refractivity contribution in [3.63, 3.8) is 0 Å². The Labute approximate surface area is 103 Å². The minimum absolute atomic E-state index is 0.00479. The molecule has 5 heteroatoms. The lowest BCUT2D eigenvalue weighted by molar-refractivity contribution is 0.757. The first-order valence-electron chi connectivity index (χ1n) is 4.99. The van der Waals surface area contributed by atoms with Crippen LogP contribution in [-0.2, 0) is 6.54 Å². The molecule has 0 radical (unpaired) electrons. The maximum Gasteiger partial charge on any atom is 0.327 e. The Kier molecular flexibility index (Phi) is 3.17. The number of benzene rings is 1. The van der Waals surface area contributed by atoms with Crippen molar-refractivity contribution in [2.45, 2.75) is 6.54 Å². The Morgan fingerprint density at radius 1 is 1.35 bits per heavy atom. The summed E-state index contributed by atoms with van der Waals surface area (Å²) in [5.74, 6) is 0. The van der Waals surface area contributed by atoms with Crippen LogP contribution in [0, 0.1) is 16.0 Å². The van der Waals surface area contributed by atoms with Gasteiger partial charge in [-0.25, -0.2) is 4.79 Å². The SMILES string of the molecule is N#CCn1c(-c2ccccc2)cc(=S)[nH]c1=O. The van der Waals surface area contributed by atoms with Crippen LogP contribution in [-0.4, -0.2) is 9.55 Å². The van der Waals surface area contributed by atoms with Crippen LogP contribution in [0.4, 0.5) is 0 Å². The van der Waals surface area contributed by atoms with Crippen molar-refractivity contribution in [3.05, 3.63) is 51.5 Å². The Hall–Kier alpha value is -2.19. The number of aromatic nitrogens is 2. The lowest BCUT2D eigenvalue weighted by Gasteiger charge is -2.08. The number of hydrogen-bond donors (Lipinski definition) is 1. The molecule has 0 fully saturated rings. The number of nitrogens with one attached hydrogen (secondary N) is 1. The third kappa shape index (κ3) is 2.32. The zero-order valence-electron chi connectivity index (χ0n) is 8.88. The molecule has 1 heterocycles. The second-order valence-electron chi connectivity index (χ2n) is 3.43. The van der Waals surface area contributed by atoms with Crippen LogP contribution in [0.1, 0.15) is 0 Å². The maximum atomic E-state index is 11.7. The van der Waals surface area contributed by atoms with Gasteiger partial charge < -0.3 is 0 Å². The smallest absolute Gasteiger partial charge is 0.298 e. The summed E-state index contributed by atoms with van der Waals surface area (Å²) in [4.78, 5) is 14.2. The van der Waals surface area contributed by atoms with E-state index in [1.165, 1.54) is 4.57 Å². The Balaban J connectivity index is 2.73. The van der Waals surface area contributed by atoms with Crippen molar-refractivity contribution in [2.24, 2.45) is 0 Å². The average Bonchev–Trinajstić information content (AvgIpc) is 2.33. The summed E-state index contributed by atoms with van der Waals surface area (Å²) in [5.41, 5.74) is 1.15. The summed E-state index contributed by atoms with van der Waals surface area (Å²) in [6, 6.07) is 13.0. The first-order valence-corrected chi connectivity index (χ1v) is 5.40. The molecule has 84 valence electrons. The molecule has 4 nitrogen and oxygen atoms in total. The summed E-state index contributed by atoms with van der Waals surface area (Å²) in [5, 5.41) is 8.74. The van der Waals surface area contributed by atoms with E-state index < -0.39 is 0 Å². The fourth-order valence-electron chi connectivity index (χ4n) is 1.60. The van der Waals surface area contributed by atoms with E-state index in [-0.39, 0.29) is 12.2 Å². The van der Waals surface area contributed by atoms with E-state index in [1.807, 2.05) is 36.4 Å². The van der Waals surface area contributed by atoms with Gasteiger partial charge in [0.1, 0.15) is 11.2 Å². The number of nitriles is 1. The van der Waals surface area contributed by atoms with E-state index in [1.54, 1.807) is 6.07 Å². The van der Waals surface area contributed by atoms with Crippen LogP contribution in [0.2, 0.25) is 0 Å². The summed E-state index contributed by atoms with van der Waals surface area (Å²) < 4.78 is 1.73. The van der Waals surface area contributed by atoms with Crippen LogP contribution in [0.3, 0.4) is 0 Å². The summed E-state index contributed by atoms with van der Waals surface area (Å²) in [6.45, 7) is -0.00479. The van der Waals surface area contributed by atoms with Crippen molar-refractivity contribution in [1.29, 1.82) is 5.26 Å².